The molecule has 56 heavy (non-hydrogen) atoms. The molecule has 4 amide bonds. The highest BCUT2D eigenvalue weighted by atomic mass is 16.5. The van der Waals surface area contributed by atoms with E-state index in [1.54, 1.807) is 9.80 Å². The summed E-state index contributed by atoms with van der Waals surface area (Å²) < 4.78 is 9.67. The van der Waals surface area contributed by atoms with Gasteiger partial charge in [0, 0.05) is 13.1 Å². The fourth-order valence-electron chi connectivity index (χ4n) is 7.91. The second kappa shape index (κ2) is 15.6. The number of hydrogen-bond donors (Lipinski definition) is 4. The Hall–Kier alpha value is -6.70. The number of methoxy groups -OCH3 is 2. The van der Waals surface area contributed by atoms with E-state index in [1.807, 2.05) is 97.1 Å². The Labute approximate surface area is 322 Å². The number of ether oxygens (including phenoxy) is 2. The number of H-pyrrole nitrogens is 2. The third-order valence-corrected chi connectivity index (χ3v) is 10.7. The van der Waals surface area contributed by atoms with E-state index in [0.717, 1.165) is 58.9 Å². The van der Waals surface area contributed by atoms with Crippen molar-refractivity contribution in [3.63, 3.8) is 0 Å². The number of fused-ring (bicyclic) bond motifs is 2. The van der Waals surface area contributed by atoms with Gasteiger partial charge in [-0.1, -0.05) is 72.8 Å². The van der Waals surface area contributed by atoms with Crippen molar-refractivity contribution in [2.45, 2.75) is 49.9 Å². The number of benzene rings is 4. The predicted octanol–water partition coefficient (Wildman–Crippen LogP) is 6.63. The van der Waals surface area contributed by atoms with Crippen molar-refractivity contribution in [3.05, 3.63) is 120 Å². The van der Waals surface area contributed by atoms with Gasteiger partial charge < -0.3 is 39.9 Å². The molecule has 0 bridgehead atoms. The standard InChI is InChI=1S/C42H42N8O6/c1-55-41(53)47-35(25-11-5-3-6-12-25)39(51)49-21-9-15-33(49)37-43-29-19-17-27(23-31(29)45-37)28-18-20-30-32(24-28)46-38(44-30)34-16-10-22-50(34)40(52)36(48-42(54)56-2)26-13-7-4-8-14-26/h3-8,11-14,17-20,23-24,33-36H,9-10,15-16,21-22H2,1-2H3,(H,43,45)(H,44,46)(H,47,53)(H,48,54)/t33-,34-,35-,36+/m0/s1. The third-order valence-electron chi connectivity index (χ3n) is 10.7. The van der Waals surface area contributed by atoms with Crippen molar-refractivity contribution >= 4 is 46.1 Å². The average Bonchev–Trinajstić information content (AvgIpc) is 4.07. The van der Waals surface area contributed by atoms with Gasteiger partial charge >= 0.3 is 12.2 Å². The highest BCUT2D eigenvalue weighted by molar-refractivity contribution is 5.90. The van der Waals surface area contributed by atoms with Gasteiger partial charge in [-0.15, -0.1) is 0 Å². The normalized spacial score (nSPS) is 17.8. The topological polar surface area (TPSA) is 175 Å². The molecule has 4 N–H and O–H groups in total. The van der Waals surface area contributed by atoms with E-state index in [1.165, 1.54) is 14.2 Å². The van der Waals surface area contributed by atoms with Crippen molar-refractivity contribution in [2.24, 2.45) is 0 Å². The summed E-state index contributed by atoms with van der Waals surface area (Å²) in [6.07, 6.45) is 1.71. The number of carbonyl (C=O) groups is 4. The average molecular weight is 755 g/mol. The van der Waals surface area contributed by atoms with Crippen molar-refractivity contribution in [2.75, 3.05) is 27.3 Å². The predicted molar refractivity (Wildman–Crippen MR) is 208 cm³/mol. The number of hydrogen-bond acceptors (Lipinski definition) is 8. The molecule has 2 saturated heterocycles. The highest BCUT2D eigenvalue weighted by Crippen LogP contribution is 2.37. The Morgan fingerprint density at radius 1 is 0.625 bits per heavy atom. The lowest BCUT2D eigenvalue weighted by Gasteiger charge is -2.28. The SMILES string of the molecule is COC(=O)N[C@H](C(=O)N1CCC[C@H]1c1nc2ccc(-c3ccc4nc([C@@H]5CCCN5C(=O)[C@H](NC(=O)OC)c5ccccc5)[nH]c4c3)cc2[nH]1)c1ccccc1. The summed E-state index contributed by atoms with van der Waals surface area (Å²) in [5.41, 5.74) is 6.50. The van der Waals surface area contributed by atoms with Gasteiger partial charge in [-0.05, 0) is 72.2 Å². The number of aromatic nitrogens is 4. The van der Waals surface area contributed by atoms with Crippen LogP contribution in [-0.2, 0) is 19.1 Å². The maximum atomic E-state index is 14.0. The number of imidazole rings is 2. The minimum absolute atomic E-state index is 0.226. The molecule has 2 aliphatic rings. The van der Waals surface area contributed by atoms with Gasteiger partial charge in [0.15, 0.2) is 0 Å². The summed E-state index contributed by atoms with van der Waals surface area (Å²) in [5, 5.41) is 5.43. The second-order valence-corrected chi connectivity index (χ2v) is 14.0. The molecule has 4 heterocycles. The first-order valence-corrected chi connectivity index (χ1v) is 18.7. The van der Waals surface area contributed by atoms with Crippen molar-refractivity contribution < 1.29 is 28.7 Å². The molecular weight excluding hydrogens is 713 g/mol. The highest BCUT2D eigenvalue weighted by Gasteiger charge is 2.38. The molecule has 0 saturated carbocycles. The van der Waals surface area contributed by atoms with Crippen LogP contribution in [0.1, 0.15) is 72.6 Å². The van der Waals surface area contributed by atoms with E-state index >= 15 is 0 Å². The molecule has 0 aliphatic carbocycles. The Kier molecular flexibility index (Phi) is 10.1. The van der Waals surface area contributed by atoms with Crippen LogP contribution in [0.5, 0.6) is 0 Å². The lowest BCUT2D eigenvalue weighted by atomic mass is 10.0. The Morgan fingerprint density at radius 2 is 1.04 bits per heavy atom. The monoisotopic (exact) mass is 754 g/mol. The summed E-state index contributed by atoms with van der Waals surface area (Å²) in [5.74, 6) is 0.926. The van der Waals surface area contributed by atoms with Crippen LogP contribution in [0.2, 0.25) is 0 Å². The first-order valence-electron chi connectivity index (χ1n) is 18.7. The van der Waals surface area contributed by atoms with E-state index in [-0.39, 0.29) is 23.9 Å². The maximum absolute atomic E-state index is 14.0. The van der Waals surface area contributed by atoms with Crippen LogP contribution in [-0.4, -0.2) is 81.0 Å². The Morgan fingerprint density at radius 3 is 1.43 bits per heavy atom. The smallest absolute Gasteiger partial charge is 0.407 e. The second-order valence-electron chi connectivity index (χ2n) is 14.0. The van der Waals surface area contributed by atoms with Gasteiger partial charge in [0.2, 0.25) is 0 Å². The van der Waals surface area contributed by atoms with Gasteiger partial charge in [0.1, 0.15) is 23.7 Å². The molecule has 4 aromatic carbocycles. The Balaban J connectivity index is 1.02. The van der Waals surface area contributed by atoms with Gasteiger partial charge in [0.05, 0.1) is 48.4 Å². The summed E-state index contributed by atoms with van der Waals surface area (Å²) in [4.78, 5) is 72.8. The molecule has 14 nitrogen and oxygen atoms in total. The molecule has 6 aromatic rings. The molecule has 2 aromatic heterocycles. The lowest BCUT2D eigenvalue weighted by Crippen LogP contribution is -2.42. The first kappa shape index (κ1) is 36.3. The van der Waals surface area contributed by atoms with Gasteiger partial charge in [-0.25, -0.2) is 19.6 Å². The fourth-order valence-corrected chi connectivity index (χ4v) is 7.91. The molecule has 2 fully saturated rings. The number of amides is 4. The van der Waals surface area contributed by atoms with Gasteiger partial charge in [-0.2, -0.15) is 0 Å². The first-order chi connectivity index (χ1) is 27.3. The summed E-state index contributed by atoms with van der Waals surface area (Å²) in [6.45, 7) is 1.07. The zero-order chi connectivity index (χ0) is 38.8. The Bertz CT molecular complexity index is 2230. The third kappa shape index (κ3) is 7.12. The number of nitrogens with one attached hydrogen (secondary N) is 4. The van der Waals surface area contributed by atoms with Crippen LogP contribution in [0, 0.1) is 0 Å². The van der Waals surface area contributed by atoms with Crippen LogP contribution in [0.25, 0.3) is 33.2 Å². The minimum Gasteiger partial charge on any atom is -0.453 e. The van der Waals surface area contributed by atoms with Crippen molar-refractivity contribution in [1.82, 2.24) is 40.4 Å². The zero-order valence-electron chi connectivity index (χ0n) is 31.0. The van der Waals surface area contributed by atoms with E-state index in [4.69, 9.17) is 19.4 Å². The molecule has 2 aliphatic heterocycles. The van der Waals surface area contributed by atoms with E-state index < -0.39 is 24.3 Å². The van der Waals surface area contributed by atoms with Gasteiger partial charge in [0.25, 0.3) is 11.8 Å². The quantitative estimate of drug-likeness (QED) is 0.127. The maximum Gasteiger partial charge on any atom is 0.407 e. The number of aromatic amines is 2. The van der Waals surface area contributed by atoms with Crippen LogP contribution in [0.4, 0.5) is 9.59 Å². The van der Waals surface area contributed by atoms with Crippen LogP contribution in [0.3, 0.4) is 0 Å². The van der Waals surface area contributed by atoms with Crippen molar-refractivity contribution in [3.8, 4) is 11.1 Å². The number of nitrogens with zero attached hydrogens (tertiary/aromatic N) is 4. The van der Waals surface area contributed by atoms with Crippen LogP contribution < -0.4 is 10.6 Å². The number of carbonyl (C=O) groups excluding carboxylic acids is 4. The molecule has 14 heteroatoms. The molecule has 0 radical (unpaired) electrons. The molecule has 0 unspecified atom stereocenters. The van der Waals surface area contributed by atoms with Crippen LogP contribution >= 0.6 is 0 Å². The number of likely N-dealkylation sites (tertiary alicyclic amines) is 2. The molecule has 0 spiro atoms. The van der Waals surface area contributed by atoms with Gasteiger partial charge in [-0.3, -0.25) is 9.59 Å². The zero-order valence-corrected chi connectivity index (χ0v) is 31.0. The lowest BCUT2D eigenvalue weighted by molar-refractivity contribution is -0.135. The van der Waals surface area contributed by atoms with E-state index in [9.17, 15) is 19.2 Å². The van der Waals surface area contributed by atoms with Crippen LogP contribution in [0.15, 0.2) is 97.1 Å². The molecular formula is C42H42N8O6. The summed E-state index contributed by atoms with van der Waals surface area (Å²) in [6, 6.07) is 28.0. The summed E-state index contributed by atoms with van der Waals surface area (Å²) >= 11 is 0. The van der Waals surface area contributed by atoms with E-state index in [2.05, 4.69) is 20.6 Å². The van der Waals surface area contributed by atoms with Crippen molar-refractivity contribution in [1.29, 1.82) is 0 Å². The number of rotatable bonds is 9. The minimum atomic E-state index is -0.898. The summed E-state index contributed by atoms with van der Waals surface area (Å²) in [7, 11) is 2.55. The molecule has 286 valence electrons. The fraction of sp³-hybridized carbons (Fsp3) is 0.286. The molecule has 4 atom stereocenters. The number of alkyl carbamates (subject to hydrolysis) is 2. The van der Waals surface area contributed by atoms with E-state index in [0.29, 0.717) is 35.9 Å². The largest absolute Gasteiger partial charge is 0.453 e. The molecule has 8 rings (SSSR count).